The molecular formula is C19H21NO3. The van der Waals surface area contributed by atoms with E-state index in [1.807, 2.05) is 55.5 Å². The van der Waals surface area contributed by atoms with Crippen molar-refractivity contribution in [2.75, 3.05) is 18.5 Å². The minimum absolute atomic E-state index is 0.101. The molecule has 3 rings (SSSR count). The average Bonchev–Trinajstić information content (AvgIpc) is 3.08. The molecule has 1 amide bonds. The lowest BCUT2D eigenvalue weighted by Gasteiger charge is -2.12. The lowest BCUT2D eigenvalue weighted by Crippen LogP contribution is -2.16. The van der Waals surface area contributed by atoms with Crippen LogP contribution in [0.2, 0.25) is 0 Å². The van der Waals surface area contributed by atoms with Crippen molar-refractivity contribution in [2.24, 2.45) is 0 Å². The minimum Gasteiger partial charge on any atom is -0.491 e. The molecule has 0 aliphatic carbocycles. The number of carbonyl (C=O) groups is 1. The Morgan fingerprint density at radius 2 is 2.00 bits per heavy atom. The van der Waals surface area contributed by atoms with Gasteiger partial charge in [-0.2, -0.15) is 0 Å². The summed E-state index contributed by atoms with van der Waals surface area (Å²) in [6.07, 6.45) is 2.37. The van der Waals surface area contributed by atoms with Crippen LogP contribution in [0.1, 0.15) is 28.8 Å². The maximum absolute atomic E-state index is 12.3. The third-order valence-electron chi connectivity index (χ3n) is 3.96. The number of nitrogens with one attached hydrogen (secondary N) is 1. The maximum Gasteiger partial charge on any atom is 0.255 e. The Bertz CT molecular complexity index is 661. The normalized spacial score (nSPS) is 17.0. The number of aryl methyl sites for hydroxylation is 1. The first-order chi connectivity index (χ1) is 11.2. The molecule has 1 aliphatic heterocycles. The molecule has 0 aromatic heterocycles. The van der Waals surface area contributed by atoms with Crippen LogP contribution in [0, 0.1) is 6.92 Å². The Kier molecular flexibility index (Phi) is 4.93. The van der Waals surface area contributed by atoms with E-state index in [1.54, 1.807) is 0 Å². The summed E-state index contributed by atoms with van der Waals surface area (Å²) in [5.41, 5.74) is 2.40. The number of carbonyl (C=O) groups excluding carboxylic acids is 1. The molecule has 1 atom stereocenters. The number of amides is 1. The van der Waals surface area contributed by atoms with Crippen LogP contribution in [0.25, 0.3) is 0 Å². The molecule has 2 aromatic carbocycles. The van der Waals surface area contributed by atoms with Gasteiger partial charge in [0.1, 0.15) is 12.4 Å². The molecule has 1 saturated heterocycles. The predicted molar refractivity (Wildman–Crippen MR) is 90.0 cm³/mol. The Morgan fingerprint density at radius 1 is 1.22 bits per heavy atom. The van der Waals surface area contributed by atoms with E-state index in [0.29, 0.717) is 12.2 Å². The second-order valence-corrected chi connectivity index (χ2v) is 5.74. The Morgan fingerprint density at radius 3 is 2.70 bits per heavy atom. The Labute approximate surface area is 136 Å². The van der Waals surface area contributed by atoms with E-state index >= 15 is 0 Å². The first-order valence-corrected chi connectivity index (χ1v) is 7.94. The van der Waals surface area contributed by atoms with Gasteiger partial charge >= 0.3 is 0 Å². The van der Waals surface area contributed by atoms with Crippen LogP contribution in [0.3, 0.4) is 0 Å². The lowest BCUT2D eigenvalue weighted by atomic mass is 10.1. The zero-order chi connectivity index (χ0) is 16.1. The molecule has 1 N–H and O–H groups in total. The number of ether oxygens (including phenoxy) is 2. The fourth-order valence-corrected chi connectivity index (χ4v) is 2.63. The topological polar surface area (TPSA) is 47.6 Å². The molecule has 0 unspecified atom stereocenters. The van der Waals surface area contributed by atoms with Crippen LogP contribution in [-0.4, -0.2) is 25.2 Å². The van der Waals surface area contributed by atoms with Crippen molar-refractivity contribution >= 4 is 11.6 Å². The van der Waals surface area contributed by atoms with Crippen molar-refractivity contribution in [3.05, 3.63) is 59.7 Å². The number of hydrogen-bond acceptors (Lipinski definition) is 3. The van der Waals surface area contributed by atoms with Crippen LogP contribution in [0.4, 0.5) is 5.69 Å². The summed E-state index contributed by atoms with van der Waals surface area (Å²) in [4.78, 5) is 12.3. The number of anilines is 1. The van der Waals surface area contributed by atoms with E-state index in [1.165, 1.54) is 0 Å². The van der Waals surface area contributed by atoms with Crippen LogP contribution < -0.4 is 10.1 Å². The predicted octanol–water partition coefficient (Wildman–Crippen LogP) is 3.81. The quantitative estimate of drug-likeness (QED) is 0.913. The first kappa shape index (κ1) is 15.6. The Hall–Kier alpha value is -2.33. The highest BCUT2D eigenvalue weighted by atomic mass is 16.5. The van der Waals surface area contributed by atoms with Crippen LogP contribution in [0.5, 0.6) is 5.75 Å². The van der Waals surface area contributed by atoms with Gasteiger partial charge in [0.15, 0.2) is 0 Å². The second-order valence-electron chi connectivity index (χ2n) is 5.74. The van der Waals surface area contributed by atoms with E-state index in [2.05, 4.69) is 5.32 Å². The van der Waals surface area contributed by atoms with Crippen molar-refractivity contribution in [3.63, 3.8) is 0 Å². The third-order valence-corrected chi connectivity index (χ3v) is 3.96. The van der Waals surface area contributed by atoms with Gasteiger partial charge < -0.3 is 14.8 Å². The molecule has 0 bridgehead atoms. The SMILES string of the molecule is Cc1ccccc1C(=O)Nc1ccc(OC[C@H]2CCCO2)cc1. The van der Waals surface area contributed by atoms with Gasteiger partial charge in [-0.25, -0.2) is 0 Å². The van der Waals surface area contributed by atoms with Crippen LogP contribution in [0.15, 0.2) is 48.5 Å². The molecule has 0 radical (unpaired) electrons. The molecular weight excluding hydrogens is 290 g/mol. The van der Waals surface area contributed by atoms with Crippen LogP contribution in [-0.2, 0) is 4.74 Å². The van der Waals surface area contributed by atoms with Gasteiger partial charge in [-0.3, -0.25) is 4.79 Å². The molecule has 1 fully saturated rings. The number of rotatable bonds is 5. The molecule has 0 saturated carbocycles. The highest BCUT2D eigenvalue weighted by molar-refractivity contribution is 6.05. The number of hydrogen-bond donors (Lipinski definition) is 1. The molecule has 23 heavy (non-hydrogen) atoms. The van der Waals surface area contributed by atoms with E-state index in [-0.39, 0.29) is 12.0 Å². The second kappa shape index (κ2) is 7.29. The summed E-state index contributed by atoms with van der Waals surface area (Å²) in [6, 6.07) is 15.0. The van der Waals surface area contributed by atoms with Gasteiger partial charge in [-0.05, 0) is 55.7 Å². The molecule has 4 nitrogen and oxygen atoms in total. The monoisotopic (exact) mass is 311 g/mol. The fraction of sp³-hybridized carbons (Fsp3) is 0.316. The van der Waals surface area contributed by atoms with Gasteiger partial charge in [-0.1, -0.05) is 18.2 Å². The van der Waals surface area contributed by atoms with Crippen molar-refractivity contribution < 1.29 is 14.3 Å². The molecule has 1 aliphatic rings. The summed E-state index contributed by atoms with van der Waals surface area (Å²) in [7, 11) is 0. The summed E-state index contributed by atoms with van der Waals surface area (Å²) in [5.74, 6) is 0.686. The highest BCUT2D eigenvalue weighted by Crippen LogP contribution is 2.19. The zero-order valence-electron chi connectivity index (χ0n) is 13.2. The maximum atomic E-state index is 12.3. The van der Waals surface area contributed by atoms with Crippen LogP contribution >= 0.6 is 0 Å². The summed E-state index contributed by atoms with van der Waals surface area (Å²) in [6.45, 7) is 3.34. The first-order valence-electron chi connectivity index (χ1n) is 7.94. The highest BCUT2D eigenvalue weighted by Gasteiger charge is 2.16. The smallest absolute Gasteiger partial charge is 0.255 e. The third kappa shape index (κ3) is 4.11. The van der Waals surface area contributed by atoms with Crippen molar-refractivity contribution in [1.29, 1.82) is 0 Å². The summed E-state index contributed by atoms with van der Waals surface area (Å²) < 4.78 is 11.2. The molecule has 1 heterocycles. The van der Waals surface area contributed by atoms with Crippen molar-refractivity contribution in [3.8, 4) is 5.75 Å². The van der Waals surface area contributed by atoms with Crippen molar-refractivity contribution in [2.45, 2.75) is 25.9 Å². The van der Waals surface area contributed by atoms with Crippen molar-refractivity contribution in [1.82, 2.24) is 0 Å². The zero-order valence-corrected chi connectivity index (χ0v) is 13.2. The Balaban J connectivity index is 1.56. The molecule has 4 heteroatoms. The number of benzene rings is 2. The molecule has 120 valence electrons. The summed E-state index contributed by atoms with van der Waals surface area (Å²) >= 11 is 0. The van der Waals surface area contributed by atoms with Gasteiger partial charge in [0.05, 0.1) is 6.10 Å². The summed E-state index contributed by atoms with van der Waals surface area (Å²) in [5, 5.41) is 2.90. The largest absolute Gasteiger partial charge is 0.491 e. The molecule has 2 aromatic rings. The lowest BCUT2D eigenvalue weighted by molar-refractivity contribution is 0.0679. The van der Waals surface area contributed by atoms with E-state index < -0.39 is 0 Å². The van der Waals surface area contributed by atoms with Gasteiger partial charge in [-0.15, -0.1) is 0 Å². The molecule has 0 spiro atoms. The van der Waals surface area contributed by atoms with Gasteiger partial charge in [0.2, 0.25) is 0 Å². The standard InChI is InChI=1S/C19H21NO3/c1-14-5-2-3-7-18(14)19(21)20-15-8-10-16(11-9-15)23-13-17-6-4-12-22-17/h2-3,5,7-11,17H,4,6,12-13H2,1H3,(H,20,21)/t17-/m1/s1. The van der Waals surface area contributed by atoms with Gasteiger partial charge in [0, 0.05) is 17.9 Å². The minimum atomic E-state index is -0.101. The average molecular weight is 311 g/mol. The van der Waals surface area contributed by atoms with E-state index in [0.717, 1.165) is 36.4 Å². The van der Waals surface area contributed by atoms with E-state index in [4.69, 9.17) is 9.47 Å². The van der Waals surface area contributed by atoms with Gasteiger partial charge in [0.25, 0.3) is 5.91 Å². The fourth-order valence-electron chi connectivity index (χ4n) is 2.63. The van der Waals surface area contributed by atoms with E-state index in [9.17, 15) is 4.79 Å².